The third kappa shape index (κ3) is 3.29. The van der Waals surface area contributed by atoms with E-state index in [1.54, 1.807) is 0 Å². The average molecular weight is 404 g/mol. The van der Waals surface area contributed by atoms with E-state index in [2.05, 4.69) is 46.1 Å². The highest BCUT2D eigenvalue weighted by Gasteiger charge is 2.24. The lowest BCUT2D eigenvalue weighted by Gasteiger charge is -2.38. The van der Waals surface area contributed by atoms with Crippen molar-refractivity contribution in [1.82, 2.24) is 20.2 Å². The van der Waals surface area contributed by atoms with Crippen LogP contribution in [0.3, 0.4) is 0 Å². The van der Waals surface area contributed by atoms with Gasteiger partial charge in [-0.25, -0.2) is 4.98 Å². The van der Waals surface area contributed by atoms with Gasteiger partial charge in [-0.2, -0.15) is 5.10 Å². The molecule has 155 valence electrons. The average Bonchev–Trinajstić information content (AvgIpc) is 3.33. The van der Waals surface area contributed by atoms with Gasteiger partial charge in [0.05, 0.1) is 29.8 Å². The zero-order valence-electron chi connectivity index (χ0n) is 17.5. The third-order valence-electron chi connectivity index (χ3n) is 5.45. The SMILES string of the molecule is [CH2]C1CN(c2ccc3nc(-c4n[nH]c5c(OC(C)C)cccc45)[nH]c3c2)C(C)CO1. The summed E-state index contributed by atoms with van der Waals surface area (Å²) >= 11 is 0. The molecule has 0 spiro atoms. The number of morpholine rings is 1. The summed E-state index contributed by atoms with van der Waals surface area (Å²) in [6.45, 7) is 11.7. The number of hydrogen-bond donors (Lipinski definition) is 2. The van der Waals surface area contributed by atoms with Crippen LogP contribution in [0.4, 0.5) is 5.69 Å². The van der Waals surface area contributed by atoms with E-state index in [0.717, 1.165) is 51.4 Å². The van der Waals surface area contributed by atoms with Crippen molar-refractivity contribution in [2.75, 3.05) is 18.1 Å². The molecule has 2 aromatic heterocycles. The van der Waals surface area contributed by atoms with E-state index in [1.807, 2.05) is 38.1 Å². The Morgan fingerprint density at radius 1 is 1.27 bits per heavy atom. The molecule has 1 aliphatic rings. The van der Waals surface area contributed by atoms with E-state index in [4.69, 9.17) is 14.5 Å². The standard InChI is InChI=1S/C23H26N5O2/c1-13(2)30-20-7-5-6-17-21(20)26-27-22(17)23-24-18-9-8-16(10-19(18)25-23)28-11-15(4)29-12-14(28)3/h5-10,13-15H,4,11-12H2,1-3H3,(H,24,25)(H,26,27). The first-order chi connectivity index (χ1) is 14.5. The minimum absolute atomic E-state index is 0.0214. The molecule has 7 heteroatoms. The predicted molar refractivity (Wildman–Crippen MR) is 119 cm³/mol. The number of benzene rings is 2. The lowest BCUT2D eigenvalue weighted by atomic mass is 10.1. The van der Waals surface area contributed by atoms with E-state index < -0.39 is 0 Å². The van der Waals surface area contributed by atoms with Crippen LogP contribution < -0.4 is 9.64 Å². The summed E-state index contributed by atoms with van der Waals surface area (Å²) in [5.74, 6) is 1.53. The Morgan fingerprint density at radius 2 is 2.13 bits per heavy atom. The van der Waals surface area contributed by atoms with Crippen LogP contribution in [0, 0.1) is 6.92 Å². The Hall–Kier alpha value is -3.06. The number of imidazole rings is 1. The fraction of sp³-hybridized carbons (Fsp3) is 0.348. The largest absolute Gasteiger partial charge is 0.489 e. The molecule has 0 bridgehead atoms. The fourth-order valence-corrected chi connectivity index (χ4v) is 4.01. The molecule has 3 heterocycles. The minimum atomic E-state index is -0.0214. The summed E-state index contributed by atoms with van der Waals surface area (Å²) in [5, 5.41) is 8.62. The highest BCUT2D eigenvalue weighted by Crippen LogP contribution is 2.32. The molecule has 1 fully saturated rings. The van der Waals surface area contributed by atoms with E-state index in [-0.39, 0.29) is 12.2 Å². The van der Waals surface area contributed by atoms with Gasteiger partial charge in [0, 0.05) is 23.7 Å². The van der Waals surface area contributed by atoms with Crippen LogP contribution in [0.2, 0.25) is 0 Å². The lowest BCUT2D eigenvalue weighted by Crippen LogP contribution is -2.47. The van der Waals surface area contributed by atoms with Crippen molar-refractivity contribution < 1.29 is 9.47 Å². The first kappa shape index (κ1) is 18.9. The van der Waals surface area contributed by atoms with Crippen molar-refractivity contribution in [3.8, 4) is 17.3 Å². The maximum atomic E-state index is 5.91. The maximum Gasteiger partial charge on any atom is 0.159 e. The molecule has 4 aromatic rings. The Morgan fingerprint density at radius 3 is 2.97 bits per heavy atom. The lowest BCUT2D eigenvalue weighted by molar-refractivity contribution is 0.0499. The number of rotatable bonds is 4. The van der Waals surface area contributed by atoms with Gasteiger partial charge in [0.2, 0.25) is 0 Å². The van der Waals surface area contributed by atoms with Crippen molar-refractivity contribution in [3.63, 3.8) is 0 Å². The zero-order chi connectivity index (χ0) is 20.8. The first-order valence-corrected chi connectivity index (χ1v) is 10.3. The highest BCUT2D eigenvalue weighted by atomic mass is 16.5. The van der Waals surface area contributed by atoms with Gasteiger partial charge in [-0.3, -0.25) is 5.10 Å². The summed E-state index contributed by atoms with van der Waals surface area (Å²) in [7, 11) is 0. The molecule has 2 unspecified atom stereocenters. The first-order valence-electron chi connectivity index (χ1n) is 10.3. The Balaban J connectivity index is 1.53. The van der Waals surface area contributed by atoms with Crippen LogP contribution in [0.5, 0.6) is 5.75 Å². The second-order valence-electron chi connectivity index (χ2n) is 8.16. The molecule has 2 aromatic carbocycles. The summed E-state index contributed by atoms with van der Waals surface area (Å²) in [5.41, 5.74) is 4.70. The van der Waals surface area contributed by atoms with Gasteiger partial charge in [0.15, 0.2) is 5.82 Å². The van der Waals surface area contributed by atoms with Crippen LogP contribution >= 0.6 is 0 Å². The number of nitrogens with one attached hydrogen (secondary N) is 2. The number of para-hydroxylation sites is 1. The number of H-pyrrole nitrogens is 2. The summed E-state index contributed by atoms with van der Waals surface area (Å²) < 4.78 is 11.6. The van der Waals surface area contributed by atoms with Crippen LogP contribution in [0.15, 0.2) is 36.4 Å². The normalized spacial score (nSPS) is 19.8. The predicted octanol–water partition coefficient (Wildman–Crippen LogP) is 4.32. The second-order valence-corrected chi connectivity index (χ2v) is 8.16. The minimum Gasteiger partial charge on any atom is -0.489 e. The molecular weight excluding hydrogens is 378 g/mol. The highest BCUT2D eigenvalue weighted by molar-refractivity contribution is 5.96. The number of ether oxygens (including phenoxy) is 2. The molecular formula is C23H26N5O2. The molecule has 0 amide bonds. The summed E-state index contributed by atoms with van der Waals surface area (Å²) in [6, 6.07) is 12.6. The number of fused-ring (bicyclic) bond motifs is 2. The molecule has 0 saturated carbocycles. The molecule has 1 radical (unpaired) electrons. The van der Waals surface area contributed by atoms with Gasteiger partial charge in [0.1, 0.15) is 17.0 Å². The van der Waals surface area contributed by atoms with Gasteiger partial charge in [-0.1, -0.05) is 12.1 Å². The third-order valence-corrected chi connectivity index (χ3v) is 5.45. The zero-order valence-corrected chi connectivity index (χ0v) is 17.5. The molecule has 1 aliphatic heterocycles. The van der Waals surface area contributed by atoms with Gasteiger partial charge in [0.25, 0.3) is 0 Å². The Kier molecular flexibility index (Phi) is 4.62. The maximum absolute atomic E-state index is 5.91. The Labute approximate surface area is 175 Å². The molecule has 5 rings (SSSR count). The van der Waals surface area contributed by atoms with Crippen molar-refractivity contribution in [2.45, 2.75) is 39.0 Å². The van der Waals surface area contributed by atoms with Crippen LogP contribution in [0.25, 0.3) is 33.5 Å². The van der Waals surface area contributed by atoms with Crippen molar-refractivity contribution in [3.05, 3.63) is 43.3 Å². The van der Waals surface area contributed by atoms with Gasteiger partial charge in [-0.05, 0) is 52.0 Å². The van der Waals surface area contributed by atoms with Crippen molar-refractivity contribution in [2.24, 2.45) is 0 Å². The fourth-order valence-electron chi connectivity index (χ4n) is 4.01. The van der Waals surface area contributed by atoms with E-state index in [9.17, 15) is 0 Å². The number of aromatic amines is 2. The molecule has 1 saturated heterocycles. The van der Waals surface area contributed by atoms with E-state index in [1.165, 1.54) is 0 Å². The van der Waals surface area contributed by atoms with Gasteiger partial charge < -0.3 is 19.4 Å². The number of anilines is 1. The monoisotopic (exact) mass is 404 g/mol. The number of hydrogen-bond acceptors (Lipinski definition) is 5. The summed E-state index contributed by atoms with van der Waals surface area (Å²) in [6.07, 6.45) is 0.0689. The van der Waals surface area contributed by atoms with Gasteiger partial charge in [-0.15, -0.1) is 0 Å². The van der Waals surface area contributed by atoms with Crippen LogP contribution in [-0.4, -0.2) is 51.6 Å². The molecule has 2 N–H and O–H groups in total. The van der Waals surface area contributed by atoms with E-state index in [0.29, 0.717) is 12.6 Å². The second kappa shape index (κ2) is 7.32. The summed E-state index contributed by atoms with van der Waals surface area (Å²) in [4.78, 5) is 10.6. The van der Waals surface area contributed by atoms with E-state index >= 15 is 0 Å². The van der Waals surface area contributed by atoms with Crippen molar-refractivity contribution >= 4 is 27.6 Å². The van der Waals surface area contributed by atoms with Gasteiger partial charge >= 0.3 is 0 Å². The van der Waals surface area contributed by atoms with Crippen LogP contribution in [0.1, 0.15) is 20.8 Å². The smallest absolute Gasteiger partial charge is 0.159 e. The molecule has 0 aliphatic carbocycles. The number of nitrogens with zero attached hydrogens (tertiary/aromatic N) is 3. The molecule has 30 heavy (non-hydrogen) atoms. The van der Waals surface area contributed by atoms with Crippen LogP contribution in [-0.2, 0) is 4.74 Å². The quantitative estimate of drug-likeness (QED) is 0.530. The Bertz CT molecular complexity index is 1190. The number of aromatic nitrogens is 4. The molecule has 7 nitrogen and oxygen atoms in total. The van der Waals surface area contributed by atoms with Crippen molar-refractivity contribution in [1.29, 1.82) is 0 Å². The topological polar surface area (TPSA) is 79.1 Å². The molecule has 2 atom stereocenters.